The van der Waals surface area contributed by atoms with Crippen LogP contribution in [0.2, 0.25) is 0 Å². The third-order valence-electron chi connectivity index (χ3n) is 3.07. The minimum atomic E-state index is 0.135. The Balaban J connectivity index is 1.73. The van der Waals surface area contributed by atoms with Gasteiger partial charge in [0.2, 0.25) is 0 Å². The zero-order chi connectivity index (χ0) is 14.9. The zero-order valence-electron chi connectivity index (χ0n) is 12.5. The van der Waals surface area contributed by atoms with Crippen LogP contribution in [-0.2, 0) is 6.42 Å². The molecule has 0 saturated heterocycles. The average Bonchev–Trinajstić information content (AvgIpc) is 2.49. The van der Waals surface area contributed by atoms with Crippen molar-refractivity contribution in [2.24, 2.45) is 5.73 Å². The van der Waals surface area contributed by atoms with E-state index in [1.165, 1.54) is 0 Å². The van der Waals surface area contributed by atoms with Crippen LogP contribution in [0.5, 0.6) is 11.5 Å². The van der Waals surface area contributed by atoms with Crippen LogP contribution in [0.15, 0.2) is 54.6 Å². The second-order valence-electron chi connectivity index (χ2n) is 5.15. The van der Waals surface area contributed by atoms with Gasteiger partial charge in [0, 0.05) is 12.5 Å². The van der Waals surface area contributed by atoms with E-state index in [0.29, 0.717) is 13.2 Å². The Bertz CT molecular complexity index is 526. The molecule has 112 valence electrons. The molecule has 0 saturated carbocycles. The van der Waals surface area contributed by atoms with Crippen LogP contribution in [0.25, 0.3) is 0 Å². The van der Waals surface area contributed by atoms with Gasteiger partial charge in [0.15, 0.2) is 0 Å². The minimum Gasteiger partial charge on any atom is -0.493 e. The maximum Gasteiger partial charge on any atom is 0.122 e. The third-order valence-corrected chi connectivity index (χ3v) is 3.07. The fourth-order valence-electron chi connectivity index (χ4n) is 2.11. The second kappa shape index (κ2) is 8.32. The van der Waals surface area contributed by atoms with Gasteiger partial charge in [-0.05, 0) is 37.1 Å². The van der Waals surface area contributed by atoms with Crippen molar-refractivity contribution in [3.63, 3.8) is 0 Å². The van der Waals surface area contributed by atoms with E-state index in [2.05, 4.69) is 6.07 Å². The summed E-state index contributed by atoms with van der Waals surface area (Å²) in [6.07, 6.45) is 1.68. The number of hydrogen-bond donors (Lipinski definition) is 1. The number of benzene rings is 2. The zero-order valence-corrected chi connectivity index (χ0v) is 12.5. The van der Waals surface area contributed by atoms with Crippen molar-refractivity contribution in [1.29, 1.82) is 0 Å². The smallest absolute Gasteiger partial charge is 0.122 e. The van der Waals surface area contributed by atoms with Gasteiger partial charge in [-0.15, -0.1) is 0 Å². The van der Waals surface area contributed by atoms with Crippen molar-refractivity contribution < 1.29 is 9.47 Å². The molecule has 3 nitrogen and oxygen atoms in total. The number of hydrogen-bond acceptors (Lipinski definition) is 3. The molecule has 0 spiro atoms. The molecule has 21 heavy (non-hydrogen) atoms. The molecule has 2 aromatic rings. The van der Waals surface area contributed by atoms with Gasteiger partial charge in [0.05, 0.1) is 13.2 Å². The maximum atomic E-state index is 5.86. The van der Waals surface area contributed by atoms with Crippen LogP contribution in [0.1, 0.15) is 18.9 Å². The van der Waals surface area contributed by atoms with Gasteiger partial charge < -0.3 is 15.2 Å². The Kier molecular flexibility index (Phi) is 6.10. The molecule has 0 aliphatic carbocycles. The van der Waals surface area contributed by atoms with Crippen molar-refractivity contribution in [2.45, 2.75) is 25.8 Å². The van der Waals surface area contributed by atoms with Crippen LogP contribution >= 0.6 is 0 Å². The molecule has 0 heterocycles. The number of para-hydroxylation sites is 2. The quantitative estimate of drug-likeness (QED) is 0.756. The van der Waals surface area contributed by atoms with Crippen molar-refractivity contribution in [3.05, 3.63) is 60.2 Å². The molecule has 0 radical (unpaired) electrons. The molecule has 1 atom stereocenters. The lowest BCUT2D eigenvalue weighted by Crippen LogP contribution is -2.18. The normalized spacial score (nSPS) is 11.9. The molecule has 1 unspecified atom stereocenters. The maximum absolute atomic E-state index is 5.86. The molecule has 2 aromatic carbocycles. The molecular formula is C18H23NO2. The SMILES string of the molecule is CC(N)Cc1ccccc1OCCCOc1ccccc1. The lowest BCUT2D eigenvalue weighted by molar-refractivity contribution is 0.246. The van der Waals surface area contributed by atoms with E-state index in [0.717, 1.165) is 29.9 Å². The fraction of sp³-hybridized carbons (Fsp3) is 0.333. The summed E-state index contributed by atoms with van der Waals surface area (Å²) < 4.78 is 11.5. The number of nitrogens with two attached hydrogens (primary N) is 1. The molecule has 2 rings (SSSR count). The van der Waals surface area contributed by atoms with Gasteiger partial charge in [-0.1, -0.05) is 36.4 Å². The van der Waals surface area contributed by atoms with Crippen molar-refractivity contribution in [3.8, 4) is 11.5 Å². The van der Waals surface area contributed by atoms with E-state index in [4.69, 9.17) is 15.2 Å². The lowest BCUT2D eigenvalue weighted by Gasteiger charge is -2.13. The van der Waals surface area contributed by atoms with E-state index < -0.39 is 0 Å². The highest BCUT2D eigenvalue weighted by Crippen LogP contribution is 2.19. The van der Waals surface area contributed by atoms with Gasteiger partial charge in [0.25, 0.3) is 0 Å². The van der Waals surface area contributed by atoms with Crippen molar-refractivity contribution in [1.82, 2.24) is 0 Å². The summed E-state index contributed by atoms with van der Waals surface area (Å²) in [6, 6.07) is 18.0. The molecular weight excluding hydrogens is 262 g/mol. The standard InChI is InChI=1S/C18H23NO2/c1-15(19)14-16-8-5-6-11-18(16)21-13-7-12-20-17-9-3-2-4-10-17/h2-6,8-11,15H,7,12-14,19H2,1H3. The van der Waals surface area contributed by atoms with Crippen LogP contribution in [0.4, 0.5) is 0 Å². The van der Waals surface area contributed by atoms with Gasteiger partial charge >= 0.3 is 0 Å². The number of rotatable bonds is 8. The highest BCUT2D eigenvalue weighted by Gasteiger charge is 2.05. The Morgan fingerprint density at radius 1 is 0.905 bits per heavy atom. The Morgan fingerprint density at radius 3 is 2.33 bits per heavy atom. The summed E-state index contributed by atoms with van der Waals surface area (Å²) >= 11 is 0. The predicted molar refractivity (Wildman–Crippen MR) is 85.8 cm³/mol. The lowest BCUT2D eigenvalue weighted by atomic mass is 10.1. The summed E-state index contributed by atoms with van der Waals surface area (Å²) in [5.74, 6) is 1.82. The molecule has 0 aromatic heterocycles. The van der Waals surface area contributed by atoms with E-state index in [1.807, 2.05) is 55.5 Å². The molecule has 0 fully saturated rings. The predicted octanol–water partition coefficient (Wildman–Crippen LogP) is 3.42. The van der Waals surface area contributed by atoms with Crippen LogP contribution in [0.3, 0.4) is 0 Å². The first-order valence-corrected chi connectivity index (χ1v) is 7.40. The van der Waals surface area contributed by atoms with E-state index in [9.17, 15) is 0 Å². The molecule has 0 aliphatic rings. The summed E-state index contributed by atoms with van der Waals surface area (Å²) in [7, 11) is 0. The summed E-state index contributed by atoms with van der Waals surface area (Å²) in [4.78, 5) is 0. The summed E-state index contributed by atoms with van der Waals surface area (Å²) in [5.41, 5.74) is 7.02. The van der Waals surface area contributed by atoms with Crippen molar-refractivity contribution >= 4 is 0 Å². The van der Waals surface area contributed by atoms with Gasteiger partial charge in [0.1, 0.15) is 11.5 Å². The monoisotopic (exact) mass is 285 g/mol. The fourth-order valence-corrected chi connectivity index (χ4v) is 2.11. The highest BCUT2D eigenvalue weighted by molar-refractivity contribution is 5.33. The molecule has 0 bridgehead atoms. The average molecular weight is 285 g/mol. The first kappa shape index (κ1) is 15.4. The van der Waals surface area contributed by atoms with Gasteiger partial charge in [-0.25, -0.2) is 0 Å². The first-order valence-electron chi connectivity index (χ1n) is 7.40. The topological polar surface area (TPSA) is 44.5 Å². The largest absolute Gasteiger partial charge is 0.493 e. The van der Waals surface area contributed by atoms with Crippen LogP contribution in [0, 0.1) is 0 Å². The second-order valence-corrected chi connectivity index (χ2v) is 5.15. The Labute approximate surface area is 126 Å². The molecule has 3 heteroatoms. The van der Waals surface area contributed by atoms with E-state index in [-0.39, 0.29) is 6.04 Å². The summed E-state index contributed by atoms with van der Waals surface area (Å²) in [6.45, 7) is 3.30. The Hall–Kier alpha value is -2.00. The van der Waals surface area contributed by atoms with E-state index in [1.54, 1.807) is 0 Å². The summed E-state index contributed by atoms with van der Waals surface area (Å²) in [5, 5.41) is 0. The Morgan fingerprint density at radius 2 is 1.57 bits per heavy atom. The van der Waals surface area contributed by atoms with Crippen LogP contribution in [-0.4, -0.2) is 19.3 Å². The first-order chi connectivity index (χ1) is 10.3. The van der Waals surface area contributed by atoms with Gasteiger partial charge in [-0.2, -0.15) is 0 Å². The van der Waals surface area contributed by atoms with Crippen molar-refractivity contribution in [2.75, 3.05) is 13.2 Å². The molecule has 0 aliphatic heterocycles. The van der Waals surface area contributed by atoms with E-state index >= 15 is 0 Å². The number of ether oxygens (including phenoxy) is 2. The molecule has 2 N–H and O–H groups in total. The highest BCUT2D eigenvalue weighted by atomic mass is 16.5. The third kappa shape index (κ3) is 5.48. The van der Waals surface area contributed by atoms with Crippen LogP contribution < -0.4 is 15.2 Å². The van der Waals surface area contributed by atoms with Gasteiger partial charge in [-0.3, -0.25) is 0 Å². The molecule has 0 amide bonds. The minimum absolute atomic E-state index is 0.135.